The second-order valence-corrected chi connectivity index (χ2v) is 4.95. The van der Waals surface area contributed by atoms with E-state index in [1.807, 2.05) is 35.0 Å². The zero-order valence-corrected chi connectivity index (χ0v) is 11.8. The predicted octanol–water partition coefficient (Wildman–Crippen LogP) is 3.31. The molecule has 0 atom stereocenters. The highest BCUT2D eigenvalue weighted by Gasteiger charge is 2.04. The number of rotatable bonds is 3. The maximum atomic E-state index is 11.8. The molecule has 3 rings (SSSR count). The Bertz CT molecular complexity index is 734. The number of nitrogens with zero attached hydrogens (tertiary/aromatic N) is 2. The Balaban J connectivity index is 1.59. The standard InChI is InChI=1S/C15H13ClN4O/c16-11-4-6-12(7-5-11)19-15(21)17-9-13-10-20-8-2-1-3-14(20)18-13/h1-8,10H,9H2,(H2,17,19,21). The van der Waals surface area contributed by atoms with Crippen molar-refractivity contribution >= 4 is 29.0 Å². The number of hydrogen-bond donors (Lipinski definition) is 2. The summed E-state index contributed by atoms with van der Waals surface area (Å²) in [6, 6.07) is 12.4. The largest absolute Gasteiger partial charge is 0.332 e. The van der Waals surface area contributed by atoms with E-state index in [4.69, 9.17) is 11.6 Å². The molecule has 0 bridgehead atoms. The van der Waals surface area contributed by atoms with Crippen molar-refractivity contribution in [1.29, 1.82) is 0 Å². The molecule has 21 heavy (non-hydrogen) atoms. The van der Waals surface area contributed by atoms with Crippen LogP contribution in [0.25, 0.3) is 5.65 Å². The second-order valence-electron chi connectivity index (χ2n) is 4.51. The van der Waals surface area contributed by atoms with E-state index in [1.165, 1.54) is 0 Å². The number of hydrogen-bond acceptors (Lipinski definition) is 2. The molecule has 0 aliphatic rings. The molecule has 0 aliphatic carbocycles. The number of pyridine rings is 1. The summed E-state index contributed by atoms with van der Waals surface area (Å²) in [7, 11) is 0. The summed E-state index contributed by atoms with van der Waals surface area (Å²) in [6.07, 6.45) is 3.80. The third kappa shape index (κ3) is 3.32. The Labute approximate surface area is 126 Å². The normalized spacial score (nSPS) is 10.5. The number of amides is 2. The number of aromatic nitrogens is 2. The molecule has 106 valence electrons. The smallest absolute Gasteiger partial charge is 0.319 e. The van der Waals surface area contributed by atoms with Crippen molar-refractivity contribution in [2.24, 2.45) is 0 Å². The minimum atomic E-state index is -0.283. The first-order chi connectivity index (χ1) is 10.2. The van der Waals surface area contributed by atoms with Gasteiger partial charge in [-0.1, -0.05) is 17.7 Å². The maximum absolute atomic E-state index is 11.8. The van der Waals surface area contributed by atoms with Crippen molar-refractivity contribution in [1.82, 2.24) is 14.7 Å². The quantitative estimate of drug-likeness (QED) is 0.779. The molecule has 0 aliphatic heterocycles. The Kier molecular flexibility index (Phi) is 3.75. The van der Waals surface area contributed by atoms with Crippen LogP contribution in [0.15, 0.2) is 54.9 Å². The van der Waals surface area contributed by atoms with E-state index < -0.39 is 0 Å². The predicted molar refractivity (Wildman–Crippen MR) is 82.5 cm³/mol. The van der Waals surface area contributed by atoms with E-state index in [9.17, 15) is 4.79 Å². The van der Waals surface area contributed by atoms with Crippen LogP contribution in [0.4, 0.5) is 10.5 Å². The number of halogens is 1. The molecule has 0 fully saturated rings. The number of fused-ring (bicyclic) bond motifs is 1. The zero-order chi connectivity index (χ0) is 14.7. The Morgan fingerprint density at radius 1 is 1.19 bits per heavy atom. The number of nitrogens with one attached hydrogen (secondary N) is 2. The summed E-state index contributed by atoms with van der Waals surface area (Å²) in [6.45, 7) is 0.362. The van der Waals surface area contributed by atoms with Gasteiger partial charge in [0.2, 0.25) is 0 Å². The first-order valence-corrected chi connectivity index (χ1v) is 6.81. The number of carbonyl (C=O) groups excluding carboxylic acids is 1. The summed E-state index contributed by atoms with van der Waals surface area (Å²) in [5.41, 5.74) is 2.34. The molecule has 0 unspecified atom stereocenters. The minimum absolute atomic E-state index is 0.283. The molecule has 2 aromatic heterocycles. The number of urea groups is 1. The Hall–Kier alpha value is -2.53. The number of imidazole rings is 1. The van der Waals surface area contributed by atoms with Crippen LogP contribution in [0.2, 0.25) is 5.02 Å². The van der Waals surface area contributed by atoms with Gasteiger partial charge in [0.25, 0.3) is 0 Å². The lowest BCUT2D eigenvalue weighted by atomic mass is 10.3. The van der Waals surface area contributed by atoms with Gasteiger partial charge >= 0.3 is 6.03 Å². The van der Waals surface area contributed by atoms with Crippen LogP contribution in [0.3, 0.4) is 0 Å². The van der Waals surface area contributed by atoms with Crippen molar-refractivity contribution in [3.8, 4) is 0 Å². The molecular formula is C15H13ClN4O. The van der Waals surface area contributed by atoms with Gasteiger partial charge in [-0.15, -0.1) is 0 Å². The summed E-state index contributed by atoms with van der Waals surface area (Å²) in [5.74, 6) is 0. The third-order valence-corrected chi connectivity index (χ3v) is 3.20. The van der Waals surface area contributed by atoms with Gasteiger partial charge in [0.05, 0.1) is 12.2 Å². The lowest BCUT2D eigenvalue weighted by Gasteiger charge is -2.06. The molecule has 5 nitrogen and oxygen atoms in total. The van der Waals surface area contributed by atoms with Gasteiger partial charge in [0.15, 0.2) is 0 Å². The lowest BCUT2D eigenvalue weighted by Crippen LogP contribution is -2.28. The molecule has 2 amide bonds. The van der Waals surface area contributed by atoms with Crippen LogP contribution in [0.1, 0.15) is 5.69 Å². The summed E-state index contributed by atoms with van der Waals surface area (Å²) >= 11 is 5.79. The number of benzene rings is 1. The Morgan fingerprint density at radius 3 is 2.76 bits per heavy atom. The molecule has 2 heterocycles. The zero-order valence-electron chi connectivity index (χ0n) is 11.1. The van der Waals surface area contributed by atoms with E-state index in [0.717, 1.165) is 11.3 Å². The number of carbonyl (C=O) groups is 1. The highest BCUT2D eigenvalue weighted by molar-refractivity contribution is 6.30. The van der Waals surface area contributed by atoms with Crippen molar-refractivity contribution in [3.63, 3.8) is 0 Å². The lowest BCUT2D eigenvalue weighted by molar-refractivity contribution is 0.251. The van der Waals surface area contributed by atoms with Gasteiger partial charge in [-0.3, -0.25) is 0 Å². The van der Waals surface area contributed by atoms with E-state index in [2.05, 4.69) is 15.6 Å². The van der Waals surface area contributed by atoms with E-state index in [-0.39, 0.29) is 6.03 Å². The van der Waals surface area contributed by atoms with E-state index >= 15 is 0 Å². The van der Waals surface area contributed by atoms with Crippen molar-refractivity contribution in [3.05, 3.63) is 65.6 Å². The summed E-state index contributed by atoms with van der Waals surface area (Å²) in [4.78, 5) is 16.2. The molecule has 1 aromatic carbocycles. The van der Waals surface area contributed by atoms with Crippen molar-refractivity contribution in [2.45, 2.75) is 6.54 Å². The molecule has 0 saturated heterocycles. The first kappa shape index (κ1) is 13.5. The van der Waals surface area contributed by atoms with Crippen LogP contribution in [-0.4, -0.2) is 15.4 Å². The minimum Gasteiger partial charge on any atom is -0.332 e. The molecule has 0 spiro atoms. The van der Waals surface area contributed by atoms with Crippen LogP contribution >= 0.6 is 11.6 Å². The van der Waals surface area contributed by atoms with Gasteiger partial charge in [0.1, 0.15) is 5.65 Å². The molecule has 3 aromatic rings. The highest BCUT2D eigenvalue weighted by atomic mass is 35.5. The fraction of sp³-hybridized carbons (Fsp3) is 0.0667. The Morgan fingerprint density at radius 2 is 2.00 bits per heavy atom. The van der Waals surface area contributed by atoms with Crippen LogP contribution in [0.5, 0.6) is 0 Å². The molecule has 2 N–H and O–H groups in total. The van der Waals surface area contributed by atoms with Crippen LogP contribution in [-0.2, 0) is 6.54 Å². The molecule has 0 saturated carbocycles. The van der Waals surface area contributed by atoms with Gasteiger partial charge < -0.3 is 15.0 Å². The fourth-order valence-electron chi connectivity index (χ4n) is 1.95. The molecule has 0 radical (unpaired) electrons. The monoisotopic (exact) mass is 300 g/mol. The second kappa shape index (κ2) is 5.85. The average Bonchev–Trinajstić information content (AvgIpc) is 2.90. The fourth-order valence-corrected chi connectivity index (χ4v) is 2.08. The average molecular weight is 301 g/mol. The van der Waals surface area contributed by atoms with Crippen molar-refractivity contribution < 1.29 is 4.79 Å². The van der Waals surface area contributed by atoms with Crippen LogP contribution in [0, 0.1) is 0 Å². The molecule has 6 heteroatoms. The van der Waals surface area contributed by atoms with E-state index in [0.29, 0.717) is 17.3 Å². The van der Waals surface area contributed by atoms with Gasteiger partial charge in [0, 0.05) is 23.1 Å². The summed E-state index contributed by atoms with van der Waals surface area (Å²) < 4.78 is 1.91. The van der Waals surface area contributed by atoms with Crippen LogP contribution < -0.4 is 10.6 Å². The van der Waals surface area contributed by atoms with Crippen molar-refractivity contribution in [2.75, 3.05) is 5.32 Å². The SMILES string of the molecule is O=C(NCc1cn2ccccc2n1)Nc1ccc(Cl)cc1. The maximum Gasteiger partial charge on any atom is 0.319 e. The topological polar surface area (TPSA) is 58.4 Å². The highest BCUT2D eigenvalue weighted by Crippen LogP contribution is 2.13. The first-order valence-electron chi connectivity index (χ1n) is 6.44. The summed E-state index contributed by atoms with van der Waals surface area (Å²) in [5, 5.41) is 6.12. The van der Waals surface area contributed by atoms with E-state index in [1.54, 1.807) is 24.3 Å². The number of anilines is 1. The van der Waals surface area contributed by atoms with Gasteiger partial charge in [-0.2, -0.15) is 0 Å². The van der Waals surface area contributed by atoms with Gasteiger partial charge in [-0.05, 0) is 36.4 Å². The third-order valence-electron chi connectivity index (χ3n) is 2.95. The molecular weight excluding hydrogens is 288 g/mol. The van der Waals surface area contributed by atoms with Gasteiger partial charge in [-0.25, -0.2) is 9.78 Å².